The fraction of sp³-hybridized carbons (Fsp3) is 0.278. The predicted octanol–water partition coefficient (Wildman–Crippen LogP) is 3.08. The molecule has 1 fully saturated rings. The Morgan fingerprint density at radius 2 is 1.52 bits per heavy atom. The number of aliphatic hydroxyl groups excluding tert-OH is 1. The highest BCUT2D eigenvalue weighted by molar-refractivity contribution is 5.78. The first-order chi connectivity index (χ1) is 10.3. The van der Waals surface area contributed by atoms with Crippen molar-refractivity contribution in [2.75, 3.05) is 6.73 Å². The van der Waals surface area contributed by atoms with E-state index in [0.717, 1.165) is 12.0 Å². The molecular weight excluding hydrogens is 262 g/mol. The van der Waals surface area contributed by atoms with E-state index in [2.05, 4.69) is 12.1 Å². The van der Waals surface area contributed by atoms with Crippen LogP contribution in [-0.2, 0) is 4.79 Å². The van der Waals surface area contributed by atoms with Crippen molar-refractivity contribution in [3.8, 4) is 0 Å². The van der Waals surface area contributed by atoms with Crippen LogP contribution in [0.2, 0.25) is 0 Å². The number of likely N-dealkylation sites (tertiary alicyclic amines) is 1. The summed E-state index contributed by atoms with van der Waals surface area (Å²) in [5, 5.41) is 9.66. The molecule has 2 aromatic rings. The Labute approximate surface area is 124 Å². The van der Waals surface area contributed by atoms with E-state index in [1.54, 1.807) is 4.90 Å². The van der Waals surface area contributed by atoms with Crippen LogP contribution in [0.3, 0.4) is 0 Å². The van der Waals surface area contributed by atoms with Gasteiger partial charge in [0.15, 0.2) is 0 Å². The maximum atomic E-state index is 12.2. The van der Waals surface area contributed by atoms with E-state index >= 15 is 0 Å². The van der Waals surface area contributed by atoms with E-state index < -0.39 is 0 Å². The molecule has 2 aromatic carbocycles. The number of piperidine rings is 1. The molecule has 108 valence electrons. The molecule has 0 aromatic heterocycles. The van der Waals surface area contributed by atoms with Crippen molar-refractivity contribution >= 4 is 5.91 Å². The minimum Gasteiger partial charge on any atom is -0.376 e. The van der Waals surface area contributed by atoms with Gasteiger partial charge in [-0.2, -0.15) is 0 Å². The molecule has 3 nitrogen and oxygen atoms in total. The Morgan fingerprint density at radius 3 is 2.10 bits per heavy atom. The lowest BCUT2D eigenvalue weighted by atomic mass is 9.80. The van der Waals surface area contributed by atoms with Gasteiger partial charge >= 0.3 is 0 Å². The molecule has 0 spiro atoms. The second-order valence-corrected chi connectivity index (χ2v) is 5.42. The molecule has 0 unspecified atom stereocenters. The maximum Gasteiger partial charge on any atom is 0.224 e. The first-order valence-electron chi connectivity index (χ1n) is 7.31. The van der Waals surface area contributed by atoms with Crippen LogP contribution >= 0.6 is 0 Å². The Morgan fingerprint density at radius 1 is 0.952 bits per heavy atom. The molecule has 0 saturated carbocycles. The average Bonchev–Trinajstić information content (AvgIpc) is 2.56. The highest BCUT2D eigenvalue weighted by Crippen LogP contribution is 2.42. The first kappa shape index (κ1) is 13.8. The van der Waals surface area contributed by atoms with Gasteiger partial charge < -0.3 is 10.0 Å². The van der Waals surface area contributed by atoms with Crippen molar-refractivity contribution in [1.82, 2.24) is 4.90 Å². The molecule has 1 amide bonds. The minimum atomic E-state index is -0.234. The molecule has 3 rings (SSSR count). The fourth-order valence-electron chi connectivity index (χ4n) is 3.23. The van der Waals surface area contributed by atoms with Crippen LogP contribution in [-0.4, -0.2) is 22.6 Å². The third-order valence-electron chi connectivity index (χ3n) is 4.23. The number of hydrogen-bond acceptors (Lipinski definition) is 2. The monoisotopic (exact) mass is 281 g/mol. The number of aliphatic hydroxyl groups is 1. The largest absolute Gasteiger partial charge is 0.376 e. The smallest absolute Gasteiger partial charge is 0.224 e. The summed E-state index contributed by atoms with van der Waals surface area (Å²) in [5.74, 6) is 0.247. The molecule has 2 atom stereocenters. The van der Waals surface area contributed by atoms with Gasteiger partial charge in [0.25, 0.3) is 0 Å². The fourth-order valence-corrected chi connectivity index (χ4v) is 3.23. The minimum absolute atomic E-state index is 0.0264. The summed E-state index contributed by atoms with van der Waals surface area (Å²) in [6, 6.07) is 20.1. The van der Waals surface area contributed by atoms with Gasteiger partial charge in [0.1, 0.15) is 6.73 Å². The molecule has 1 heterocycles. The van der Waals surface area contributed by atoms with Gasteiger partial charge in [0, 0.05) is 12.3 Å². The van der Waals surface area contributed by atoms with Crippen molar-refractivity contribution in [1.29, 1.82) is 0 Å². The lowest BCUT2D eigenvalue weighted by molar-refractivity contribution is -0.142. The Balaban J connectivity index is 2.03. The van der Waals surface area contributed by atoms with E-state index in [9.17, 15) is 9.90 Å². The van der Waals surface area contributed by atoms with Crippen LogP contribution in [0.4, 0.5) is 0 Å². The molecule has 3 heteroatoms. The summed E-state index contributed by atoms with van der Waals surface area (Å²) in [6.07, 6.45) is 1.31. The number of carbonyl (C=O) groups excluding carboxylic acids is 1. The zero-order valence-electron chi connectivity index (χ0n) is 11.9. The number of benzene rings is 2. The standard InChI is InChI=1S/C18H19NO2/c20-13-19-17(21)12-11-16(14-7-3-1-4-8-14)18(19)15-9-5-2-6-10-15/h1-10,16,18,20H,11-13H2/t16-,18-/m0/s1. The van der Waals surface area contributed by atoms with Crippen LogP contribution in [0.15, 0.2) is 60.7 Å². The molecular formula is C18H19NO2. The highest BCUT2D eigenvalue weighted by atomic mass is 16.3. The zero-order chi connectivity index (χ0) is 14.7. The summed E-state index contributed by atoms with van der Waals surface area (Å²) in [7, 11) is 0. The Bertz CT molecular complexity index is 597. The van der Waals surface area contributed by atoms with Crippen LogP contribution in [0, 0.1) is 0 Å². The molecule has 0 bridgehead atoms. The molecule has 1 N–H and O–H groups in total. The molecule has 1 aliphatic rings. The summed E-state index contributed by atoms with van der Waals surface area (Å²) in [6.45, 7) is -0.234. The van der Waals surface area contributed by atoms with Crippen molar-refractivity contribution < 1.29 is 9.90 Å². The van der Waals surface area contributed by atoms with E-state index in [-0.39, 0.29) is 24.6 Å². The second kappa shape index (κ2) is 6.10. The number of hydrogen-bond donors (Lipinski definition) is 1. The van der Waals surface area contributed by atoms with E-state index in [1.165, 1.54) is 5.56 Å². The van der Waals surface area contributed by atoms with Crippen molar-refractivity contribution in [3.05, 3.63) is 71.8 Å². The SMILES string of the molecule is O=C1CC[C@@H](c2ccccc2)[C@H](c2ccccc2)N1CO. The van der Waals surface area contributed by atoms with Crippen molar-refractivity contribution in [3.63, 3.8) is 0 Å². The molecule has 21 heavy (non-hydrogen) atoms. The number of carbonyl (C=O) groups is 1. The zero-order valence-corrected chi connectivity index (χ0v) is 11.9. The van der Waals surface area contributed by atoms with Gasteiger partial charge in [-0.05, 0) is 17.5 Å². The van der Waals surface area contributed by atoms with E-state index in [4.69, 9.17) is 0 Å². The quantitative estimate of drug-likeness (QED) is 0.939. The van der Waals surface area contributed by atoms with Gasteiger partial charge in [-0.25, -0.2) is 0 Å². The first-order valence-corrected chi connectivity index (χ1v) is 7.31. The van der Waals surface area contributed by atoms with Crippen LogP contribution in [0.25, 0.3) is 0 Å². The van der Waals surface area contributed by atoms with Gasteiger partial charge in [-0.1, -0.05) is 60.7 Å². The topological polar surface area (TPSA) is 40.5 Å². The Hall–Kier alpha value is -2.13. The molecule has 0 radical (unpaired) electrons. The summed E-state index contributed by atoms with van der Waals surface area (Å²) < 4.78 is 0. The number of amides is 1. The van der Waals surface area contributed by atoms with E-state index in [0.29, 0.717) is 6.42 Å². The lowest BCUT2D eigenvalue weighted by Crippen LogP contribution is -2.42. The van der Waals surface area contributed by atoms with E-state index in [1.807, 2.05) is 48.5 Å². The van der Waals surface area contributed by atoms with Crippen LogP contribution < -0.4 is 0 Å². The molecule has 0 aliphatic carbocycles. The third-order valence-corrected chi connectivity index (χ3v) is 4.23. The lowest BCUT2D eigenvalue weighted by Gasteiger charge is -2.40. The number of nitrogens with zero attached hydrogens (tertiary/aromatic N) is 1. The van der Waals surface area contributed by atoms with Crippen LogP contribution in [0.1, 0.15) is 35.9 Å². The highest BCUT2D eigenvalue weighted by Gasteiger charge is 2.37. The van der Waals surface area contributed by atoms with Crippen molar-refractivity contribution in [2.24, 2.45) is 0 Å². The average molecular weight is 281 g/mol. The number of rotatable bonds is 3. The van der Waals surface area contributed by atoms with Gasteiger partial charge in [0.2, 0.25) is 5.91 Å². The maximum absolute atomic E-state index is 12.2. The molecule has 1 aliphatic heterocycles. The summed E-state index contributed by atoms with van der Waals surface area (Å²) in [4.78, 5) is 13.7. The molecule has 1 saturated heterocycles. The Kier molecular flexibility index (Phi) is 4.02. The van der Waals surface area contributed by atoms with Gasteiger partial charge in [-0.3, -0.25) is 4.79 Å². The van der Waals surface area contributed by atoms with Gasteiger partial charge in [-0.15, -0.1) is 0 Å². The van der Waals surface area contributed by atoms with Crippen molar-refractivity contribution in [2.45, 2.75) is 24.8 Å². The van der Waals surface area contributed by atoms with Crippen LogP contribution in [0.5, 0.6) is 0 Å². The second-order valence-electron chi connectivity index (χ2n) is 5.42. The normalized spacial score (nSPS) is 22.3. The summed E-state index contributed by atoms with van der Waals surface area (Å²) in [5.41, 5.74) is 2.30. The summed E-state index contributed by atoms with van der Waals surface area (Å²) >= 11 is 0. The third kappa shape index (κ3) is 2.69. The predicted molar refractivity (Wildman–Crippen MR) is 81.5 cm³/mol. The van der Waals surface area contributed by atoms with Gasteiger partial charge in [0.05, 0.1) is 6.04 Å².